The topological polar surface area (TPSA) is 46.6 Å². The van der Waals surface area contributed by atoms with Gasteiger partial charge in [-0.15, -0.1) is 0 Å². The zero-order valence-electron chi connectivity index (χ0n) is 19.8. The monoisotopic (exact) mass is 409 g/mol. The van der Waals surface area contributed by atoms with Gasteiger partial charge in [0, 0.05) is 13.1 Å². The van der Waals surface area contributed by atoms with Gasteiger partial charge >= 0.3 is 5.97 Å². The fraction of sp³-hybridized carbons (Fsp3) is 0.840. The largest absolute Gasteiger partial charge is 0.464 e. The lowest BCUT2D eigenvalue weighted by molar-refractivity contribution is -0.147. The van der Waals surface area contributed by atoms with Crippen molar-refractivity contribution in [3.8, 4) is 0 Å². The highest BCUT2D eigenvalue weighted by molar-refractivity contribution is 5.90. The van der Waals surface area contributed by atoms with Gasteiger partial charge in [0.15, 0.2) is 0 Å². The van der Waals surface area contributed by atoms with Crippen LogP contribution in [-0.4, -0.2) is 37.0 Å². The minimum atomic E-state index is -0.326. The Morgan fingerprint density at radius 2 is 1.14 bits per heavy atom. The van der Waals surface area contributed by atoms with Crippen LogP contribution < -0.4 is 0 Å². The number of unbranched alkanes of at least 4 members (excludes halogenated alkanes) is 14. The summed E-state index contributed by atoms with van der Waals surface area (Å²) < 4.78 is 5.23. The molecule has 4 nitrogen and oxygen atoms in total. The van der Waals surface area contributed by atoms with Gasteiger partial charge in [0.2, 0.25) is 5.91 Å². The number of carbonyl (C=O) groups is 2. The number of carbonyl (C=O) groups excluding carboxylic acids is 2. The van der Waals surface area contributed by atoms with Gasteiger partial charge in [-0.1, -0.05) is 102 Å². The predicted molar refractivity (Wildman–Crippen MR) is 123 cm³/mol. The smallest absolute Gasteiger partial charge is 0.325 e. The van der Waals surface area contributed by atoms with E-state index in [0.717, 1.165) is 18.4 Å². The van der Waals surface area contributed by atoms with Crippen molar-refractivity contribution >= 4 is 11.9 Å². The van der Waals surface area contributed by atoms with Crippen LogP contribution in [-0.2, 0) is 14.3 Å². The molecule has 4 heteroatoms. The number of allylic oxidation sites excluding steroid dienone is 1. The summed E-state index contributed by atoms with van der Waals surface area (Å²) in [5.74, 6) is -0.484. The second kappa shape index (κ2) is 20.0. The van der Waals surface area contributed by atoms with Gasteiger partial charge in [-0.25, -0.2) is 0 Å². The van der Waals surface area contributed by atoms with Crippen LogP contribution in [0.1, 0.15) is 117 Å². The first-order valence-corrected chi connectivity index (χ1v) is 12.0. The molecule has 0 aliphatic rings. The van der Waals surface area contributed by atoms with Crippen LogP contribution in [0.2, 0.25) is 0 Å². The molecule has 0 spiro atoms. The van der Waals surface area contributed by atoms with Crippen LogP contribution in [0.25, 0.3) is 0 Å². The second-order valence-electron chi connectivity index (χ2n) is 8.59. The molecular weight excluding hydrogens is 362 g/mol. The molecule has 0 aliphatic heterocycles. The van der Waals surface area contributed by atoms with Gasteiger partial charge < -0.3 is 9.64 Å². The van der Waals surface area contributed by atoms with Crippen molar-refractivity contribution in [2.45, 2.75) is 117 Å². The molecule has 0 bridgehead atoms. The molecular formula is C25H47NO3. The second-order valence-corrected chi connectivity index (χ2v) is 8.59. The molecule has 0 rings (SSSR count). The molecule has 29 heavy (non-hydrogen) atoms. The normalized spacial score (nSPS) is 10.6. The van der Waals surface area contributed by atoms with E-state index in [1.165, 1.54) is 94.4 Å². The van der Waals surface area contributed by atoms with Gasteiger partial charge in [0.1, 0.15) is 6.54 Å². The third-order valence-electron chi connectivity index (χ3n) is 5.17. The van der Waals surface area contributed by atoms with E-state index in [9.17, 15) is 9.59 Å². The highest BCUT2D eigenvalue weighted by Gasteiger charge is 2.11. The molecule has 0 saturated carbocycles. The van der Waals surface area contributed by atoms with Crippen LogP contribution in [0.15, 0.2) is 11.6 Å². The molecule has 0 aromatic carbocycles. The van der Waals surface area contributed by atoms with Crippen LogP contribution in [0, 0.1) is 0 Å². The molecule has 0 unspecified atom stereocenters. The minimum Gasteiger partial charge on any atom is -0.464 e. The van der Waals surface area contributed by atoms with E-state index in [-0.39, 0.29) is 18.4 Å². The molecule has 0 N–H and O–H groups in total. The fourth-order valence-electron chi connectivity index (χ4n) is 3.33. The van der Waals surface area contributed by atoms with Crippen LogP contribution >= 0.6 is 0 Å². The third-order valence-corrected chi connectivity index (χ3v) is 5.17. The maximum Gasteiger partial charge on any atom is 0.325 e. The van der Waals surface area contributed by atoms with E-state index in [1.54, 1.807) is 7.05 Å². The Balaban J connectivity index is 3.36. The number of likely N-dealkylation sites (N-methyl/N-ethyl adjacent to an activating group) is 1. The Morgan fingerprint density at radius 1 is 0.724 bits per heavy atom. The number of amides is 1. The zero-order valence-corrected chi connectivity index (χ0v) is 19.8. The maximum absolute atomic E-state index is 11.8. The van der Waals surface area contributed by atoms with Crippen molar-refractivity contribution in [1.82, 2.24) is 4.90 Å². The van der Waals surface area contributed by atoms with Gasteiger partial charge in [0.25, 0.3) is 0 Å². The lowest BCUT2D eigenvalue weighted by atomic mass is 10.0. The molecule has 0 heterocycles. The predicted octanol–water partition coefficient (Wildman–Crippen LogP) is 6.83. The number of esters is 1. The van der Waals surface area contributed by atoms with E-state index in [2.05, 4.69) is 6.92 Å². The molecule has 0 aromatic rings. The molecule has 1 amide bonds. The van der Waals surface area contributed by atoms with Crippen molar-refractivity contribution in [3.63, 3.8) is 0 Å². The third kappa shape index (κ3) is 19.8. The van der Waals surface area contributed by atoms with Gasteiger partial charge in [-0.3, -0.25) is 9.59 Å². The Labute approximate surface area is 180 Å². The SMILES string of the molecule is CCCCCCCCCCCCCCCCCOC(=O)CN(C)C(=O)C=C(C)C. The van der Waals surface area contributed by atoms with Crippen LogP contribution in [0.4, 0.5) is 0 Å². The van der Waals surface area contributed by atoms with E-state index in [1.807, 2.05) is 13.8 Å². The summed E-state index contributed by atoms with van der Waals surface area (Å²) in [4.78, 5) is 24.9. The average Bonchev–Trinajstić information content (AvgIpc) is 2.67. The standard InChI is InChI=1S/C25H47NO3/c1-5-6-7-8-9-10-11-12-13-14-15-16-17-18-19-20-29-25(28)22-26(4)24(27)21-23(2)3/h21H,5-20,22H2,1-4H3. The highest BCUT2D eigenvalue weighted by atomic mass is 16.5. The first-order chi connectivity index (χ1) is 14.0. The lowest BCUT2D eigenvalue weighted by Gasteiger charge is -2.14. The Morgan fingerprint density at radius 3 is 1.55 bits per heavy atom. The highest BCUT2D eigenvalue weighted by Crippen LogP contribution is 2.13. The Bertz CT molecular complexity index is 441. The quantitative estimate of drug-likeness (QED) is 0.133. The summed E-state index contributed by atoms with van der Waals surface area (Å²) in [6, 6.07) is 0. The van der Waals surface area contributed by atoms with Crippen molar-refractivity contribution < 1.29 is 14.3 Å². The molecule has 0 atom stereocenters. The molecule has 0 radical (unpaired) electrons. The number of hydrogen-bond donors (Lipinski definition) is 0. The number of nitrogens with zero attached hydrogens (tertiary/aromatic N) is 1. The summed E-state index contributed by atoms with van der Waals surface area (Å²) in [5, 5.41) is 0. The summed E-state index contributed by atoms with van der Waals surface area (Å²) in [7, 11) is 1.62. The Hall–Kier alpha value is -1.32. The van der Waals surface area contributed by atoms with Crippen molar-refractivity contribution in [3.05, 3.63) is 11.6 Å². The van der Waals surface area contributed by atoms with Gasteiger partial charge in [0.05, 0.1) is 6.61 Å². The van der Waals surface area contributed by atoms with Crippen LogP contribution in [0.3, 0.4) is 0 Å². The van der Waals surface area contributed by atoms with Gasteiger partial charge in [-0.2, -0.15) is 0 Å². The summed E-state index contributed by atoms with van der Waals surface area (Å²) in [6.07, 6.45) is 21.3. The number of rotatable bonds is 19. The molecule has 0 saturated heterocycles. The Kier molecular flexibility index (Phi) is 19.1. The first kappa shape index (κ1) is 27.7. The number of ether oxygens (including phenoxy) is 1. The van der Waals surface area contributed by atoms with Gasteiger partial charge in [-0.05, 0) is 20.3 Å². The van der Waals surface area contributed by atoms with Crippen molar-refractivity contribution in [2.75, 3.05) is 20.2 Å². The lowest BCUT2D eigenvalue weighted by Crippen LogP contribution is -2.32. The molecule has 0 aromatic heterocycles. The fourth-order valence-corrected chi connectivity index (χ4v) is 3.33. The molecule has 0 aliphatic carbocycles. The zero-order chi connectivity index (χ0) is 21.7. The van der Waals surface area contributed by atoms with E-state index in [0.29, 0.717) is 6.61 Å². The van der Waals surface area contributed by atoms with E-state index in [4.69, 9.17) is 4.74 Å². The van der Waals surface area contributed by atoms with Crippen molar-refractivity contribution in [2.24, 2.45) is 0 Å². The summed E-state index contributed by atoms with van der Waals surface area (Å²) >= 11 is 0. The average molecular weight is 410 g/mol. The van der Waals surface area contributed by atoms with Crippen LogP contribution in [0.5, 0.6) is 0 Å². The minimum absolute atomic E-state index is 0.0152. The summed E-state index contributed by atoms with van der Waals surface area (Å²) in [5.41, 5.74) is 0.924. The molecule has 170 valence electrons. The van der Waals surface area contributed by atoms with E-state index < -0.39 is 0 Å². The molecule has 0 fully saturated rings. The maximum atomic E-state index is 11.8. The number of hydrogen-bond acceptors (Lipinski definition) is 3. The van der Waals surface area contributed by atoms with E-state index >= 15 is 0 Å². The summed E-state index contributed by atoms with van der Waals surface area (Å²) in [6.45, 7) is 6.47. The first-order valence-electron chi connectivity index (χ1n) is 12.0. The van der Waals surface area contributed by atoms with Crippen molar-refractivity contribution in [1.29, 1.82) is 0 Å².